The molecule has 2 aliphatic heterocycles. The first kappa shape index (κ1) is 18.6. The van der Waals surface area contributed by atoms with Crippen molar-refractivity contribution >= 4 is 5.91 Å². The summed E-state index contributed by atoms with van der Waals surface area (Å²) in [6.45, 7) is 3.16. The average molecular weight is 382 g/mol. The second-order valence-electron chi connectivity index (χ2n) is 7.20. The molecule has 6 heteroatoms. The Balaban J connectivity index is 1.30. The Bertz CT molecular complexity index is 790. The van der Waals surface area contributed by atoms with Crippen LogP contribution in [0.4, 0.5) is 0 Å². The van der Waals surface area contributed by atoms with E-state index in [4.69, 9.17) is 14.2 Å². The molecule has 0 aromatic heterocycles. The zero-order chi connectivity index (χ0) is 19.2. The topological polar surface area (TPSA) is 68.8 Å². The highest BCUT2D eigenvalue weighted by Gasteiger charge is 2.25. The summed E-state index contributed by atoms with van der Waals surface area (Å²) in [7, 11) is 0. The van der Waals surface area contributed by atoms with Crippen LogP contribution < -0.4 is 24.8 Å². The summed E-state index contributed by atoms with van der Waals surface area (Å²) in [4.78, 5) is 12.3. The molecule has 2 aliphatic rings. The molecular formula is C22H26N2O4. The average Bonchev–Trinajstić information content (AvgIpc) is 2.77. The van der Waals surface area contributed by atoms with Gasteiger partial charge in [-0.15, -0.1) is 0 Å². The van der Waals surface area contributed by atoms with Crippen molar-refractivity contribution < 1.29 is 19.0 Å². The first-order valence-electron chi connectivity index (χ1n) is 9.86. The minimum atomic E-state index is -0.206. The second-order valence-corrected chi connectivity index (χ2v) is 7.20. The van der Waals surface area contributed by atoms with Crippen LogP contribution in [0, 0.1) is 5.92 Å². The fourth-order valence-electron chi connectivity index (χ4n) is 3.47. The Labute approximate surface area is 165 Å². The van der Waals surface area contributed by atoms with Gasteiger partial charge in [0, 0.05) is 12.0 Å². The largest absolute Gasteiger partial charge is 0.489 e. The van der Waals surface area contributed by atoms with Gasteiger partial charge in [0.1, 0.15) is 25.1 Å². The van der Waals surface area contributed by atoms with Crippen molar-refractivity contribution in [3.8, 4) is 17.2 Å². The third-order valence-corrected chi connectivity index (χ3v) is 5.10. The highest BCUT2D eigenvalue weighted by molar-refractivity contribution is 5.78. The van der Waals surface area contributed by atoms with Gasteiger partial charge < -0.3 is 24.8 Å². The summed E-state index contributed by atoms with van der Waals surface area (Å²) in [6.07, 6.45) is 1.57. The van der Waals surface area contributed by atoms with E-state index >= 15 is 0 Å². The van der Waals surface area contributed by atoms with Crippen molar-refractivity contribution in [2.24, 2.45) is 5.92 Å². The lowest BCUT2D eigenvalue weighted by atomic mass is 9.97. The van der Waals surface area contributed by atoms with E-state index in [0.29, 0.717) is 31.3 Å². The molecule has 6 nitrogen and oxygen atoms in total. The number of carbonyl (C=O) groups excluding carboxylic acids is 1. The van der Waals surface area contributed by atoms with Crippen molar-refractivity contribution in [1.29, 1.82) is 0 Å². The van der Waals surface area contributed by atoms with Gasteiger partial charge in [-0.1, -0.05) is 30.3 Å². The summed E-state index contributed by atoms with van der Waals surface area (Å²) in [5.41, 5.74) is 1.11. The van der Waals surface area contributed by atoms with E-state index in [-0.39, 0.29) is 17.9 Å². The second kappa shape index (κ2) is 8.97. The number of carbonyl (C=O) groups is 1. The van der Waals surface area contributed by atoms with E-state index in [1.807, 2.05) is 48.5 Å². The molecule has 2 N–H and O–H groups in total. The van der Waals surface area contributed by atoms with E-state index < -0.39 is 0 Å². The zero-order valence-electron chi connectivity index (χ0n) is 15.9. The predicted molar refractivity (Wildman–Crippen MR) is 106 cm³/mol. The van der Waals surface area contributed by atoms with E-state index in [9.17, 15) is 4.79 Å². The minimum absolute atomic E-state index is 0.0936. The zero-order valence-corrected chi connectivity index (χ0v) is 15.9. The van der Waals surface area contributed by atoms with Crippen molar-refractivity contribution in [2.75, 3.05) is 26.2 Å². The van der Waals surface area contributed by atoms with Gasteiger partial charge in [0.05, 0.1) is 6.54 Å². The molecule has 28 heavy (non-hydrogen) atoms. The maximum atomic E-state index is 12.3. The molecule has 2 aromatic carbocycles. The highest BCUT2D eigenvalue weighted by Crippen LogP contribution is 2.35. The molecule has 0 saturated carbocycles. The third-order valence-electron chi connectivity index (χ3n) is 5.10. The molecular weight excluding hydrogens is 356 g/mol. The lowest BCUT2D eigenvalue weighted by Gasteiger charge is -2.28. The number of fused-ring (bicyclic) bond motifs is 1. The highest BCUT2D eigenvalue weighted by atomic mass is 16.6. The standard InChI is InChI=1S/C22H26N2O4/c25-22(17-8-10-23-11-9-17)24-13-19-15-27-20-7-6-18(12-21(20)28-19)26-14-16-4-2-1-3-5-16/h1-7,12,17,19,23H,8-11,13-15H2,(H,24,25)/t19-/m1/s1. The molecule has 0 bridgehead atoms. The maximum Gasteiger partial charge on any atom is 0.223 e. The Morgan fingerprint density at radius 1 is 1.11 bits per heavy atom. The number of hydrogen-bond donors (Lipinski definition) is 2. The Hall–Kier alpha value is -2.73. The first-order valence-corrected chi connectivity index (χ1v) is 9.86. The van der Waals surface area contributed by atoms with Crippen molar-refractivity contribution in [2.45, 2.75) is 25.6 Å². The fourth-order valence-corrected chi connectivity index (χ4v) is 3.47. The van der Waals surface area contributed by atoms with Gasteiger partial charge in [-0.25, -0.2) is 0 Å². The number of ether oxygens (including phenoxy) is 3. The maximum absolute atomic E-state index is 12.3. The number of benzene rings is 2. The Kier molecular flexibility index (Phi) is 5.97. The van der Waals surface area contributed by atoms with E-state index in [1.165, 1.54) is 0 Å². The van der Waals surface area contributed by atoms with Crippen LogP contribution in [0.5, 0.6) is 17.2 Å². The van der Waals surface area contributed by atoms with E-state index in [0.717, 1.165) is 37.2 Å². The molecule has 0 radical (unpaired) electrons. The van der Waals surface area contributed by atoms with Gasteiger partial charge >= 0.3 is 0 Å². The van der Waals surface area contributed by atoms with Gasteiger partial charge in [-0.2, -0.15) is 0 Å². The summed E-state index contributed by atoms with van der Waals surface area (Å²) < 4.78 is 17.7. The van der Waals surface area contributed by atoms with E-state index in [2.05, 4.69) is 10.6 Å². The third kappa shape index (κ3) is 4.75. The van der Waals surface area contributed by atoms with Gasteiger partial charge in [-0.05, 0) is 43.6 Å². The predicted octanol–water partition coefficient (Wildman–Crippen LogP) is 2.52. The lowest BCUT2D eigenvalue weighted by Crippen LogP contribution is -2.44. The van der Waals surface area contributed by atoms with Crippen LogP contribution in [0.25, 0.3) is 0 Å². The molecule has 1 saturated heterocycles. The molecule has 0 aliphatic carbocycles. The summed E-state index contributed by atoms with van der Waals surface area (Å²) in [6, 6.07) is 15.6. The molecule has 0 spiro atoms. The number of hydrogen-bond acceptors (Lipinski definition) is 5. The van der Waals surface area contributed by atoms with Crippen molar-refractivity contribution in [3.63, 3.8) is 0 Å². The fraction of sp³-hybridized carbons (Fsp3) is 0.409. The number of rotatable bonds is 6. The number of piperidine rings is 1. The molecule has 2 aromatic rings. The summed E-state index contributed by atoms with van der Waals surface area (Å²) in [5, 5.41) is 6.29. The normalized spacial score (nSPS) is 19.1. The molecule has 4 rings (SSSR count). The first-order chi connectivity index (χ1) is 13.8. The Morgan fingerprint density at radius 2 is 1.93 bits per heavy atom. The number of amides is 1. The van der Waals surface area contributed by atoms with Crippen LogP contribution >= 0.6 is 0 Å². The Morgan fingerprint density at radius 3 is 2.75 bits per heavy atom. The molecule has 2 heterocycles. The minimum Gasteiger partial charge on any atom is -0.489 e. The van der Waals surface area contributed by atoms with Crippen molar-refractivity contribution in [1.82, 2.24) is 10.6 Å². The smallest absolute Gasteiger partial charge is 0.223 e. The lowest BCUT2D eigenvalue weighted by molar-refractivity contribution is -0.126. The van der Waals surface area contributed by atoms with Crippen LogP contribution in [0.15, 0.2) is 48.5 Å². The monoisotopic (exact) mass is 382 g/mol. The molecule has 0 unspecified atom stereocenters. The summed E-state index contributed by atoms with van der Waals surface area (Å²) >= 11 is 0. The van der Waals surface area contributed by atoms with Gasteiger partial charge in [0.25, 0.3) is 0 Å². The van der Waals surface area contributed by atoms with Crippen LogP contribution in [-0.2, 0) is 11.4 Å². The summed E-state index contributed by atoms with van der Waals surface area (Å²) in [5.74, 6) is 2.28. The molecule has 1 amide bonds. The SMILES string of the molecule is O=C(NC[C@@H]1COc2ccc(OCc3ccccc3)cc2O1)C1CCNCC1. The molecule has 148 valence electrons. The molecule has 1 atom stereocenters. The van der Waals surface area contributed by atoms with E-state index in [1.54, 1.807) is 0 Å². The van der Waals surface area contributed by atoms with Gasteiger partial charge in [-0.3, -0.25) is 4.79 Å². The van der Waals surface area contributed by atoms with Crippen LogP contribution in [-0.4, -0.2) is 38.3 Å². The molecule has 1 fully saturated rings. The van der Waals surface area contributed by atoms with Gasteiger partial charge in [0.15, 0.2) is 11.5 Å². The van der Waals surface area contributed by atoms with Crippen LogP contribution in [0.2, 0.25) is 0 Å². The van der Waals surface area contributed by atoms with Crippen molar-refractivity contribution in [3.05, 3.63) is 54.1 Å². The van der Waals surface area contributed by atoms with Crippen LogP contribution in [0.1, 0.15) is 18.4 Å². The number of nitrogens with one attached hydrogen (secondary N) is 2. The quantitative estimate of drug-likeness (QED) is 0.804. The van der Waals surface area contributed by atoms with Gasteiger partial charge in [0.2, 0.25) is 5.91 Å². The van der Waals surface area contributed by atoms with Crippen LogP contribution in [0.3, 0.4) is 0 Å².